The molecule has 0 radical (unpaired) electrons. The summed E-state index contributed by atoms with van der Waals surface area (Å²) in [6, 6.07) is 7.78. The first-order chi connectivity index (χ1) is 13.1. The van der Waals surface area contributed by atoms with Crippen LogP contribution in [0.1, 0.15) is 46.5 Å². The maximum Gasteiger partial charge on any atom is 0.251 e. The zero-order valence-electron chi connectivity index (χ0n) is 16.1. The minimum atomic E-state index is -0.0704. The van der Waals surface area contributed by atoms with E-state index in [4.69, 9.17) is 0 Å². The summed E-state index contributed by atoms with van der Waals surface area (Å²) in [5.74, 6) is 2.45. The van der Waals surface area contributed by atoms with Gasteiger partial charge in [-0.2, -0.15) is 5.10 Å². The van der Waals surface area contributed by atoms with Crippen molar-refractivity contribution >= 4 is 11.9 Å². The Kier molecular flexibility index (Phi) is 6.05. The van der Waals surface area contributed by atoms with Crippen LogP contribution in [0.5, 0.6) is 0 Å². The van der Waals surface area contributed by atoms with Crippen LogP contribution >= 0.6 is 0 Å². The molecular weight excluding hydrogens is 342 g/mol. The summed E-state index contributed by atoms with van der Waals surface area (Å²) >= 11 is 0. The second-order valence-corrected chi connectivity index (χ2v) is 6.61. The van der Waals surface area contributed by atoms with Gasteiger partial charge in [0.2, 0.25) is 0 Å². The van der Waals surface area contributed by atoms with E-state index in [9.17, 15) is 4.79 Å². The topological polar surface area (TPSA) is 96.2 Å². The quantitative estimate of drug-likeness (QED) is 0.543. The second kappa shape index (κ2) is 8.66. The molecule has 3 N–H and O–H groups in total. The molecule has 1 amide bonds. The van der Waals surface area contributed by atoms with E-state index in [1.165, 1.54) is 0 Å². The summed E-state index contributed by atoms with van der Waals surface area (Å²) in [6.07, 6.45) is 2.87. The van der Waals surface area contributed by atoms with Gasteiger partial charge < -0.3 is 16.0 Å². The van der Waals surface area contributed by atoms with Gasteiger partial charge in [0.1, 0.15) is 11.6 Å². The van der Waals surface area contributed by atoms with Crippen LogP contribution in [0.15, 0.2) is 29.3 Å². The first kappa shape index (κ1) is 18.9. The molecule has 0 fully saturated rings. The number of guanidine groups is 1. The summed E-state index contributed by atoms with van der Waals surface area (Å²) in [5, 5.41) is 13.9. The molecule has 1 atom stereocenters. The minimum Gasteiger partial charge on any atom is -0.356 e. The summed E-state index contributed by atoms with van der Waals surface area (Å²) in [6.45, 7) is 3.56. The predicted octanol–water partition coefficient (Wildman–Crippen LogP) is 1.19. The van der Waals surface area contributed by atoms with Gasteiger partial charge in [0.15, 0.2) is 5.96 Å². The molecule has 0 spiro atoms. The van der Waals surface area contributed by atoms with Gasteiger partial charge in [-0.1, -0.05) is 12.1 Å². The number of carbonyl (C=O) groups excluding carboxylic acids is 1. The predicted molar refractivity (Wildman–Crippen MR) is 105 cm³/mol. The zero-order valence-corrected chi connectivity index (χ0v) is 16.1. The van der Waals surface area contributed by atoms with E-state index in [0.717, 1.165) is 55.5 Å². The first-order valence-corrected chi connectivity index (χ1v) is 9.30. The van der Waals surface area contributed by atoms with Gasteiger partial charge in [-0.15, -0.1) is 0 Å². The fourth-order valence-corrected chi connectivity index (χ4v) is 3.30. The third-order valence-corrected chi connectivity index (χ3v) is 4.64. The number of fused-ring (bicyclic) bond motifs is 1. The lowest BCUT2D eigenvalue weighted by Gasteiger charge is -2.25. The minimum absolute atomic E-state index is 0.0704. The highest BCUT2D eigenvalue weighted by Crippen LogP contribution is 2.22. The van der Waals surface area contributed by atoms with Crippen molar-refractivity contribution in [3.63, 3.8) is 0 Å². The Hall–Kier alpha value is -2.90. The molecule has 2 aromatic rings. The highest BCUT2D eigenvalue weighted by molar-refractivity contribution is 5.94. The molecule has 144 valence electrons. The third kappa shape index (κ3) is 4.64. The van der Waals surface area contributed by atoms with Gasteiger partial charge >= 0.3 is 0 Å². The van der Waals surface area contributed by atoms with Crippen LogP contribution in [0.25, 0.3) is 0 Å². The van der Waals surface area contributed by atoms with E-state index in [1.807, 2.05) is 35.9 Å². The fraction of sp³-hybridized carbons (Fsp3) is 0.474. The molecule has 0 saturated heterocycles. The molecule has 3 rings (SSSR count). The van der Waals surface area contributed by atoms with Crippen LogP contribution in [0, 0.1) is 6.92 Å². The number of aliphatic imine (C=N–C) groups is 1. The number of benzene rings is 1. The maximum atomic E-state index is 11.7. The normalized spacial score (nSPS) is 16.6. The molecular formula is C19H27N7O. The molecule has 27 heavy (non-hydrogen) atoms. The summed E-state index contributed by atoms with van der Waals surface area (Å²) in [5.41, 5.74) is 1.78. The highest BCUT2D eigenvalue weighted by Gasteiger charge is 2.24. The standard InChI is InChI=1S/C19H27N7O/c1-13-23-17-16(8-5-11-26(17)25-13)24-19(21-3)22-10-9-14-6-4-7-15(12-14)18(27)20-2/h4,6-7,12,16H,5,8-11H2,1-3H3,(H,20,27)(H2,21,22,24). The molecule has 0 saturated carbocycles. The van der Waals surface area contributed by atoms with Crippen LogP contribution in [0.4, 0.5) is 0 Å². The van der Waals surface area contributed by atoms with Crippen molar-refractivity contribution in [2.24, 2.45) is 4.99 Å². The van der Waals surface area contributed by atoms with Gasteiger partial charge in [0.25, 0.3) is 5.91 Å². The molecule has 8 nitrogen and oxygen atoms in total. The molecule has 2 heterocycles. The summed E-state index contributed by atoms with van der Waals surface area (Å²) < 4.78 is 1.98. The number of amides is 1. The molecule has 8 heteroatoms. The Morgan fingerprint density at radius 1 is 1.41 bits per heavy atom. The third-order valence-electron chi connectivity index (χ3n) is 4.64. The number of rotatable bonds is 5. The van der Waals surface area contributed by atoms with E-state index in [0.29, 0.717) is 5.56 Å². The SMILES string of the molecule is CN=C(NCCc1cccc(C(=O)NC)c1)NC1CCCn2nc(C)nc21. The van der Waals surface area contributed by atoms with E-state index in [2.05, 4.69) is 31.0 Å². The van der Waals surface area contributed by atoms with Gasteiger partial charge in [0, 0.05) is 32.7 Å². The lowest BCUT2D eigenvalue weighted by Crippen LogP contribution is -2.42. The Labute approximate surface area is 159 Å². The Balaban J connectivity index is 1.55. The molecule has 0 aliphatic carbocycles. The van der Waals surface area contributed by atoms with Crippen molar-refractivity contribution in [1.82, 2.24) is 30.7 Å². The van der Waals surface area contributed by atoms with Crippen LogP contribution in [0.2, 0.25) is 0 Å². The molecule has 1 aliphatic heterocycles. The van der Waals surface area contributed by atoms with Crippen molar-refractivity contribution in [1.29, 1.82) is 0 Å². The van der Waals surface area contributed by atoms with Crippen molar-refractivity contribution in [2.75, 3.05) is 20.6 Å². The summed E-state index contributed by atoms with van der Waals surface area (Å²) in [7, 11) is 3.40. The number of nitrogens with one attached hydrogen (secondary N) is 3. The van der Waals surface area contributed by atoms with Crippen molar-refractivity contribution in [2.45, 2.75) is 38.8 Å². The average Bonchev–Trinajstić information content (AvgIpc) is 3.08. The zero-order chi connectivity index (χ0) is 19.2. The molecule has 1 aromatic carbocycles. The highest BCUT2D eigenvalue weighted by atomic mass is 16.1. The van der Waals surface area contributed by atoms with Crippen molar-refractivity contribution in [3.8, 4) is 0 Å². The van der Waals surface area contributed by atoms with Gasteiger partial charge in [-0.25, -0.2) is 9.67 Å². The maximum absolute atomic E-state index is 11.7. The number of hydrogen-bond acceptors (Lipinski definition) is 4. The number of aryl methyl sites for hydroxylation is 2. The van der Waals surface area contributed by atoms with E-state index in [-0.39, 0.29) is 11.9 Å². The van der Waals surface area contributed by atoms with E-state index in [1.54, 1.807) is 14.1 Å². The van der Waals surface area contributed by atoms with Crippen LogP contribution in [0.3, 0.4) is 0 Å². The smallest absolute Gasteiger partial charge is 0.251 e. The van der Waals surface area contributed by atoms with Crippen molar-refractivity contribution in [3.05, 3.63) is 47.0 Å². The van der Waals surface area contributed by atoms with E-state index < -0.39 is 0 Å². The molecule has 0 bridgehead atoms. The number of carbonyl (C=O) groups is 1. The molecule has 1 aliphatic rings. The number of hydrogen-bond donors (Lipinski definition) is 3. The van der Waals surface area contributed by atoms with Gasteiger partial charge in [-0.05, 0) is 43.9 Å². The van der Waals surface area contributed by atoms with Gasteiger partial charge in [0.05, 0.1) is 6.04 Å². The van der Waals surface area contributed by atoms with Crippen LogP contribution < -0.4 is 16.0 Å². The first-order valence-electron chi connectivity index (χ1n) is 9.30. The van der Waals surface area contributed by atoms with Crippen LogP contribution in [-0.4, -0.2) is 47.3 Å². The second-order valence-electron chi connectivity index (χ2n) is 6.61. The lowest BCUT2D eigenvalue weighted by molar-refractivity contribution is 0.0963. The van der Waals surface area contributed by atoms with Gasteiger partial charge in [-0.3, -0.25) is 9.79 Å². The van der Waals surface area contributed by atoms with Crippen LogP contribution in [-0.2, 0) is 13.0 Å². The largest absolute Gasteiger partial charge is 0.356 e. The Morgan fingerprint density at radius 3 is 3.04 bits per heavy atom. The average molecular weight is 369 g/mol. The summed E-state index contributed by atoms with van der Waals surface area (Å²) in [4.78, 5) is 20.6. The Morgan fingerprint density at radius 2 is 2.26 bits per heavy atom. The fourth-order valence-electron chi connectivity index (χ4n) is 3.30. The van der Waals surface area contributed by atoms with E-state index >= 15 is 0 Å². The monoisotopic (exact) mass is 369 g/mol. The number of aromatic nitrogens is 3. The molecule has 1 aromatic heterocycles. The Bertz CT molecular complexity index is 827. The number of nitrogens with zero attached hydrogens (tertiary/aromatic N) is 4. The molecule has 1 unspecified atom stereocenters. The van der Waals surface area contributed by atoms with Crippen molar-refractivity contribution < 1.29 is 4.79 Å². The lowest BCUT2D eigenvalue weighted by atomic mass is 10.1.